The lowest BCUT2D eigenvalue weighted by Gasteiger charge is -2.37. The average molecular weight is 226 g/mol. The van der Waals surface area contributed by atoms with E-state index < -0.39 is 0 Å². The highest BCUT2D eigenvalue weighted by Gasteiger charge is 2.40. The van der Waals surface area contributed by atoms with Crippen molar-refractivity contribution in [3.8, 4) is 0 Å². The predicted octanol–water partition coefficient (Wildman–Crippen LogP) is 2.89. The quantitative estimate of drug-likeness (QED) is 0.572. The summed E-state index contributed by atoms with van der Waals surface area (Å²) in [5.74, 6) is 0. The normalized spacial score (nSPS) is 17.5. The number of aryl methyl sites for hydroxylation is 1. The summed E-state index contributed by atoms with van der Waals surface area (Å²) in [7, 11) is 2.03. The molecular formula is C14H14N2O. The summed E-state index contributed by atoms with van der Waals surface area (Å²) in [5, 5.41) is 1.21. The average Bonchev–Trinajstić information content (AvgIpc) is 2.66. The van der Waals surface area contributed by atoms with Gasteiger partial charge in [0.15, 0.2) is 0 Å². The standard InChI is InChI=1S/C14H14N2O/c1-16-9-6-11-4-2-5-12(13(11)16)14(15-10-17)7-3-8-14/h2,4-6,9H,3,7-8H2,1H3. The van der Waals surface area contributed by atoms with Crippen LogP contribution in [0.2, 0.25) is 0 Å². The fourth-order valence-corrected chi connectivity index (χ4v) is 2.77. The number of nitrogens with zero attached hydrogens (tertiary/aromatic N) is 2. The van der Waals surface area contributed by atoms with E-state index in [1.165, 1.54) is 10.9 Å². The summed E-state index contributed by atoms with van der Waals surface area (Å²) >= 11 is 0. The number of fused-ring (bicyclic) bond motifs is 1. The van der Waals surface area contributed by atoms with E-state index in [2.05, 4.69) is 27.8 Å². The van der Waals surface area contributed by atoms with Crippen molar-refractivity contribution in [2.75, 3.05) is 0 Å². The number of carbonyl (C=O) groups excluding carboxylic acids is 1. The van der Waals surface area contributed by atoms with E-state index in [9.17, 15) is 4.79 Å². The van der Waals surface area contributed by atoms with Crippen LogP contribution in [-0.2, 0) is 17.4 Å². The third kappa shape index (κ3) is 1.36. The number of hydrogen-bond acceptors (Lipinski definition) is 2. The topological polar surface area (TPSA) is 34.4 Å². The minimum absolute atomic E-state index is 0.312. The molecule has 3 rings (SSSR count). The third-order valence-corrected chi connectivity index (χ3v) is 3.84. The summed E-state index contributed by atoms with van der Waals surface area (Å²) in [6, 6.07) is 8.31. The second-order valence-corrected chi connectivity index (χ2v) is 4.76. The first-order valence-corrected chi connectivity index (χ1v) is 5.90. The number of benzene rings is 1. The first-order chi connectivity index (χ1) is 8.27. The Balaban J connectivity index is 2.29. The van der Waals surface area contributed by atoms with Crippen molar-refractivity contribution in [1.82, 2.24) is 4.57 Å². The van der Waals surface area contributed by atoms with Gasteiger partial charge in [-0.05, 0) is 30.7 Å². The first kappa shape index (κ1) is 10.3. The number of rotatable bonds is 2. The smallest absolute Gasteiger partial charge is 0.235 e. The largest absolute Gasteiger partial charge is 0.350 e. The zero-order valence-electron chi connectivity index (χ0n) is 9.81. The molecule has 0 bridgehead atoms. The molecule has 1 aromatic heterocycles. The Morgan fingerprint density at radius 1 is 1.35 bits per heavy atom. The molecule has 0 N–H and O–H groups in total. The van der Waals surface area contributed by atoms with Crippen molar-refractivity contribution in [1.29, 1.82) is 0 Å². The molecule has 0 aliphatic heterocycles. The summed E-state index contributed by atoms with van der Waals surface area (Å²) in [5.41, 5.74) is 2.04. The molecule has 1 aliphatic rings. The Labute approximate surface area is 99.8 Å². The number of para-hydroxylation sites is 1. The van der Waals surface area contributed by atoms with Crippen LogP contribution in [0.3, 0.4) is 0 Å². The molecule has 0 amide bonds. The van der Waals surface area contributed by atoms with Gasteiger partial charge in [-0.3, -0.25) is 0 Å². The van der Waals surface area contributed by atoms with Gasteiger partial charge in [0.2, 0.25) is 6.08 Å². The van der Waals surface area contributed by atoms with Crippen molar-refractivity contribution in [3.05, 3.63) is 36.0 Å². The van der Waals surface area contributed by atoms with E-state index in [-0.39, 0.29) is 5.54 Å². The lowest BCUT2D eigenvalue weighted by molar-refractivity contribution is 0.257. The van der Waals surface area contributed by atoms with E-state index >= 15 is 0 Å². The molecule has 1 fully saturated rings. The lowest BCUT2D eigenvalue weighted by atomic mass is 9.72. The van der Waals surface area contributed by atoms with Gasteiger partial charge >= 0.3 is 0 Å². The van der Waals surface area contributed by atoms with Crippen molar-refractivity contribution in [2.24, 2.45) is 12.0 Å². The van der Waals surface area contributed by atoms with Crippen LogP contribution < -0.4 is 0 Å². The van der Waals surface area contributed by atoms with Gasteiger partial charge < -0.3 is 4.57 Å². The van der Waals surface area contributed by atoms with Gasteiger partial charge in [0.05, 0.1) is 5.52 Å². The fourth-order valence-electron chi connectivity index (χ4n) is 2.77. The van der Waals surface area contributed by atoms with Gasteiger partial charge in [0.1, 0.15) is 5.54 Å². The maximum atomic E-state index is 10.6. The van der Waals surface area contributed by atoms with Crippen LogP contribution in [0.1, 0.15) is 24.8 Å². The lowest BCUT2D eigenvalue weighted by Crippen LogP contribution is -2.32. The van der Waals surface area contributed by atoms with Crippen LogP contribution in [0.25, 0.3) is 10.9 Å². The maximum absolute atomic E-state index is 10.6. The van der Waals surface area contributed by atoms with Crippen LogP contribution in [0, 0.1) is 0 Å². The summed E-state index contributed by atoms with van der Waals surface area (Å²) in [6.07, 6.45) is 6.83. The Kier molecular flexibility index (Phi) is 2.17. The number of aliphatic imine (C=N–C) groups is 1. The second-order valence-electron chi connectivity index (χ2n) is 4.76. The van der Waals surface area contributed by atoms with E-state index in [1.54, 1.807) is 6.08 Å². The van der Waals surface area contributed by atoms with Crippen molar-refractivity contribution >= 4 is 17.0 Å². The van der Waals surface area contributed by atoms with E-state index in [0.717, 1.165) is 24.8 Å². The predicted molar refractivity (Wildman–Crippen MR) is 66.6 cm³/mol. The SMILES string of the molecule is Cn1ccc2cccc(C3(N=C=O)CCC3)c21. The molecular weight excluding hydrogens is 212 g/mol. The third-order valence-electron chi connectivity index (χ3n) is 3.84. The number of hydrogen-bond donors (Lipinski definition) is 0. The molecule has 1 aliphatic carbocycles. The molecule has 17 heavy (non-hydrogen) atoms. The number of isocyanates is 1. The highest BCUT2D eigenvalue weighted by Crippen LogP contribution is 2.46. The molecule has 1 heterocycles. The van der Waals surface area contributed by atoms with Crippen molar-refractivity contribution in [2.45, 2.75) is 24.8 Å². The second kappa shape index (κ2) is 3.57. The van der Waals surface area contributed by atoms with Crippen molar-refractivity contribution in [3.63, 3.8) is 0 Å². The van der Waals surface area contributed by atoms with E-state index in [0.29, 0.717) is 0 Å². The molecule has 1 aromatic carbocycles. The van der Waals surface area contributed by atoms with Gasteiger partial charge in [-0.15, -0.1) is 0 Å². The molecule has 2 aromatic rings. The molecule has 0 atom stereocenters. The zero-order valence-corrected chi connectivity index (χ0v) is 9.81. The zero-order chi connectivity index (χ0) is 11.9. The minimum Gasteiger partial charge on any atom is -0.350 e. The van der Waals surface area contributed by atoms with Crippen LogP contribution in [-0.4, -0.2) is 10.6 Å². The highest BCUT2D eigenvalue weighted by atomic mass is 16.1. The van der Waals surface area contributed by atoms with Gasteiger partial charge in [-0.25, -0.2) is 4.79 Å². The van der Waals surface area contributed by atoms with Gasteiger partial charge in [0, 0.05) is 18.8 Å². The van der Waals surface area contributed by atoms with Gasteiger partial charge in [-0.2, -0.15) is 4.99 Å². The maximum Gasteiger partial charge on any atom is 0.235 e. The molecule has 0 radical (unpaired) electrons. The molecule has 3 heteroatoms. The van der Waals surface area contributed by atoms with Crippen LogP contribution in [0.5, 0.6) is 0 Å². The Morgan fingerprint density at radius 3 is 2.82 bits per heavy atom. The molecule has 86 valence electrons. The molecule has 0 saturated heterocycles. The minimum atomic E-state index is -0.312. The Bertz CT molecular complexity index is 616. The molecule has 0 spiro atoms. The van der Waals surface area contributed by atoms with E-state index in [1.807, 2.05) is 19.3 Å². The Hall–Kier alpha value is -1.86. The summed E-state index contributed by atoms with van der Waals surface area (Å²) in [6.45, 7) is 0. The monoisotopic (exact) mass is 226 g/mol. The molecule has 1 saturated carbocycles. The Morgan fingerprint density at radius 2 is 2.18 bits per heavy atom. The van der Waals surface area contributed by atoms with E-state index in [4.69, 9.17) is 0 Å². The molecule has 0 unspecified atom stereocenters. The van der Waals surface area contributed by atoms with Crippen molar-refractivity contribution < 1.29 is 4.79 Å². The van der Waals surface area contributed by atoms with Crippen LogP contribution in [0.15, 0.2) is 35.5 Å². The van der Waals surface area contributed by atoms with Crippen LogP contribution in [0.4, 0.5) is 0 Å². The van der Waals surface area contributed by atoms with Gasteiger partial charge in [0.25, 0.3) is 0 Å². The fraction of sp³-hybridized carbons (Fsp3) is 0.357. The summed E-state index contributed by atoms with van der Waals surface area (Å²) in [4.78, 5) is 14.7. The summed E-state index contributed by atoms with van der Waals surface area (Å²) < 4.78 is 2.10. The first-order valence-electron chi connectivity index (χ1n) is 5.90. The number of aromatic nitrogens is 1. The molecule has 3 nitrogen and oxygen atoms in total. The highest BCUT2D eigenvalue weighted by molar-refractivity contribution is 5.84. The van der Waals surface area contributed by atoms with Gasteiger partial charge in [-0.1, -0.05) is 18.2 Å². The van der Waals surface area contributed by atoms with Crippen LogP contribution >= 0.6 is 0 Å².